The van der Waals surface area contributed by atoms with Crippen LogP contribution in [-0.2, 0) is 14.6 Å². The SMILES string of the molecule is Cc1ccccc1SCC(=O)CCCS(C)(=O)=O. The summed E-state index contributed by atoms with van der Waals surface area (Å²) in [5.74, 6) is 0.606. The normalized spacial score (nSPS) is 11.4. The van der Waals surface area contributed by atoms with Gasteiger partial charge in [0.1, 0.15) is 15.6 Å². The molecule has 0 spiro atoms. The summed E-state index contributed by atoms with van der Waals surface area (Å²) < 4.78 is 21.8. The lowest BCUT2D eigenvalue weighted by Crippen LogP contribution is -2.07. The van der Waals surface area contributed by atoms with E-state index in [0.29, 0.717) is 18.6 Å². The minimum absolute atomic E-state index is 0.0910. The molecule has 0 bridgehead atoms. The third-order valence-electron chi connectivity index (χ3n) is 2.45. The number of carbonyl (C=O) groups is 1. The summed E-state index contributed by atoms with van der Waals surface area (Å²) in [6, 6.07) is 7.91. The van der Waals surface area contributed by atoms with Crippen molar-refractivity contribution < 1.29 is 13.2 Å². The summed E-state index contributed by atoms with van der Waals surface area (Å²) in [7, 11) is -2.95. The highest BCUT2D eigenvalue weighted by atomic mass is 32.2. The number of hydrogen-bond acceptors (Lipinski definition) is 4. The van der Waals surface area contributed by atoms with E-state index in [1.54, 1.807) is 0 Å². The van der Waals surface area contributed by atoms with Crippen molar-refractivity contribution in [2.24, 2.45) is 0 Å². The lowest BCUT2D eigenvalue weighted by Gasteiger charge is -2.04. The average Bonchev–Trinajstić information content (AvgIpc) is 2.26. The van der Waals surface area contributed by atoms with Crippen molar-refractivity contribution in [2.75, 3.05) is 17.8 Å². The van der Waals surface area contributed by atoms with E-state index in [9.17, 15) is 13.2 Å². The second-order valence-electron chi connectivity index (χ2n) is 4.33. The number of sulfone groups is 1. The van der Waals surface area contributed by atoms with E-state index < -0.39 is 9.84 Å². The van der Waals surface area contributed by atoms with Crippen molar-refractivity contribution in [1.82, 2.24) is 0 Å². The Bertz CT molecular complexity index is 507. The molecule has 0 amide bonds. The van der Waals surface area contributed by atoms with Gasteiger partial charge in [-0.3, -0.25) is 4.79 Å². The molecule has 0 aliphatic carbocycles. The zero-order valence-corrected chi connectivity index (χ0v) is 12.3. The van der Waals surface area contributed by atoms with Crippen molar-refractivity contribution in [3.63, 3.8) is 0 Å². The zero-order chi connectivity index (χ0) is 13.6. The van der Waals surface area contributed by atoms with Gasteiger partial charge in [-0.05, 0) is 25.0 Å². The molecule has 0 unspecified atom stereocenters. The summed E-state index contributed by atoms with van der Waals surface area (Å²) in [5.41, 5.74) is 1.16. The molecule has 0 aliphatic rings. The molecular weight excluding hydrogens is 268 g/mol. The molecule has 1 aromatic rings. The number of thioether (sulfide) groups is 1. The van der Waals surface area contributed by atoms with Crippen molar-refractivity contribution in [1.29, 1.82) is 0 Å². The molecule has 1 rings (SSSR count). The number of ketones is 1. The van der Waals surface area contributed by atoms with E-state index in [1.807, 2.05) is 31.2 Å². The first-order valence-corrected chi connectivity index (χ1v) is 8.81. The Labute approximate surface area is 113 Å². The summed E-state index contributed by atoms with van der Waals surface area (Å²) >= 11 is 1.51. The van der Waals surface area contributed by atoms with Crippen LogP contribution in [0.25, 0.3) is 0 Å². The van der Waals surface area contributed by atoms with E-state index >= 15 is 0 Å². The highest BCUT2D eigenvalue weighted by Crippen LogP contribution is 2.22. The van der Waals surface area contributed by atoms with Gasteiger partial charge in [-0.15, -0.1) is 11.8 Å². The minimum Gasteiger partial charge on any atom is -0.299 e. The summed E-state index contributed by atoms with van der Waals surface area (Å²) in [6.07, 6.45) is 1.96. The molecule has 5 heteroatoms. The van der Waals surface area contributed by atoms with Crippen molar-refractivity contribution in [2.45, 2.75) is 24.7 Å². The lowest BCUT2D eigenvalue weighted by molar-refractivity contribution is -0.116. The number of hydrogen-bond donors (Lipinski definition) is 0. The van der Waals surface area contributed by atoms with Crippen LogP contribution in [0.4, 0.5) is 0 Å². The standard InChI is InChI=1S/C13H18O3S2/c1-11-6-3-4-8-13(11)17-10-12(14)7-5-9-18(2,15)16/h3-4,6,8H,5,7,9-10H2,1-2H3. The molecule has 0 atom stereocenters. The first-order chi connectivity index (χ1) is 8.38. The first kappa shape index (κ1) is 15.2. The van der Waals surface area contributed by atoms with Crippen LogP contribution in [0.1, 0.15) is 18.4 Å². The Morgan fingerprint density at radius 2 is 1.94 bits per heavy atom. The molecule has 1 aromatic carbocycles. The van der Waals surface area contributed by atoms with Crippen LogP contribution >= 0.6 is 11.8 Å². The lowest BCUT2D eigenvalue weighted by atomic mass is 10.2. The van der Waals surface area contributed by atoms with Crippen molar-refractivity contribution in [3.05, 3.63) is 29.8 Å². The van der Waals surface area contributed by atoms with E-state index in [1.165, 1.54) is 18.0 Å². The van der Waals surface area contributed by atoms with Crippen LogP contribution in [-0.4, -0.2) is 32.0 Å². The quantitative estimate of drug-likeness (QED) is 0.723. The van der Waals surface area contributed by atoms with Crippen LogP contribution in [0.15, 0.2) is 29.2 Å². The van der Waals surface area contributed by atoms with E-state index in [-0.39, 0.29) is 11.5 Å². The van der Waals surface area contributed by atoms with Gasteiger partial charge < -0.3 is 0 Å². The number of carbonyl (C=O) groups excluding carboxylic acids is 1. The minimum atomic E-state index is -2.95. The van der Waals surface area contributed by atoms with Crippen LogP contribution < -0.4 is 0 Å². The van der Waals surface area contributed by atoms with Gasteiger partial charge >= 0.3 is 0 Å². The van der Waals surface area contributed by atoms with Crippen LogP contribution in [0.2, 0.25) is 0 Å². The third-order valence-corrected chi connectivity index (χ3v) is 4.72. The fraction of sp³-hybridized carbons (Fsp3) is 0.462. The van der Waals surface area contributed by atoms with E-state index in [2.05, 4.69) is 0 Å². The molecule has 0 radical (unpaired) electrons. The molecule has 0 heterocycles. The van der Waals surface area contributed by atoms with E-state index in [4.69, 9.17) is 0 Å². The smallest absolute Gasteiger partial charge is 0.147 e. The number of benzene rings is 1. The predicted octanol–water partition coefficient (Wildman–Crippen LogP) is 2.48. The fourth-order valence-corrected chi connectivity index (χ4v) is 3.08. The maximum absolute atomic E-state index is 11.6. The molecule has 0 aromatic heterocycles. The van der Waals surface area contributed by atoms with Gasteiger partial charge in [-0.25, -0.2) is 8.42 Å². The van der Waals surface area contributed by atoms with Gasteiger partial charge in [0.05, 0.1) is 11.5 Å². The summed E-state index contributed by atoms with van der Waals surface area (Å²) in [6.45, 7) is 2.01. The molecule has 0 saturated carbocycles. The molecular formula is C13H18O3S2. The van der Waals surface area contributed by atoms with Crippen molar-refractivity contribution >= 4 is 27.4 Å². The Balaban J connectivity index is 2.32. The molecule has 100 valence electrons. The number of Topliss-reactive ketones (excluding diaryl/α,β-unsaturated/α-hetero) is 1. The highest BCUT2D eigenvalue weighted by molar-refractivity contribution is 8.00. The van der Waals surface area contributed by atoms with Gasteiger partial charge in [0, 0.05) is 17.6 Å². The Morgan fingerprint density at radius 3 is 2.56 bits per heavy atom. The predicted molar refractivity (Wildman–Crippen MR) is 75.9 cm³/mol. The van der Waals surface area contributed by atoms with Gasteiger partial charge in [-0.1, -0.05) is 18.2 Å². The molecule has 0 saturated heterocycles. The first-order valence-electron chi connectivity index (χ1n) is 5.76. The maximum Gasteiger partial charge on any atom is 0.147 e. The molecule has 0 N–H and O–H groups in total. The number of aryl methyl sites for hydroxylation is 1. The van der Waals surface area contributed by atoms with Gasteiger partial charge in [0.15, 0.2) is 0 Å². The zero-order valence-electron chi connectivity index (χ0n) is 10.7. The third kappa shape index (κ3) is 6.21. The van der Waals surface area contributed by atoms with Crippen LogP contribution in [0.5, 0.6) is 0 Å². The number of rotatable bonds is 7. The average molecular weight is 286 g/mol. The Morgan fingerprint density at radius 1 is 1.28 bits per heavy atom. The van der Waals surface area contributed by atoms with Crippen molar-refractivity contribution in [3.8, 4) is 0 Å². The topological polar surface area (TPSA) is 51.2 Å². The monoisotopic (exact) mass is 286 g/mol. The van der Waals surface area contributed by atoms with Gasteiger partial charge in [-0.2, -0.15) is 0 Å². The highest BCUT2D eigenvalue weighted by Gasteiger charge is 2.07. The van der Waals surface area contributed by atoms with Crippen LogP contribution in [0, 0.1) is 6.92 Å². The summed E-state index contributed by atoms with van der Waals surface area (Å²) in [4.78, 5) is 12.7. The Hall–Kier alpha value is -0.810. The maximum atomic E-state index is 11.6. The Kier molecular flexibility index (Phi) is 5.88. The van der Waals surface area contributed by atoms with Gasteiger partial charge in [0.25, 0.3) is 0 Å². The van der Waals surface area contributed by atoms with E-state index in [0.717, 1.165) is 10.5 Å². The molecule has 0 fully saturated rings. The molecule has 0 aliphatic heterocycles. The second-order valence-corrected chi connectivity index (χ2v) is 7.60. The second kappa shape index (κ2) is 6.95. The molecule has 3 nitrogen and oxygen atoms in total. The summed E-state index contributed by atoms with van der Waals surface area (Å²) in [5, 5.41) is 0. The largest absolute Gasteiger partial charge is 0.299 e. The fourth-order valence-electron chi connectivity index (χ4n) is 1.48. The van der Waals surface area contributed by atoms with Crippen LogP contribution in [0.3, 0.4) is 0 Å². The van der Waals surface area contributed by atoms with Gasteiger partial charge in [0.2, 0.25) is 0 Å². The molecule has 18 heavy (non-hydrogen) atoms.